The second-order valence-electron chi connectivity index (χ2n) is 6.36. The first-order chi connectivity index (χ1) is 9.63. The second-order valence-corrected chi connectivity index (χ2v) is 6.36. The zero-order valence-electron chi connectivity index (χ0n) is 12.7. The highest BCUT2D eigenvalue weighted by atomic mass is 19.1. The second kappa shape index (κ2) is 7.63. The fraction of sp³-hybridized carbons (Fsp3) is 0.647. The van der Waals surface area contributed by atoms with Crippen LogP contribution >= 0.6 is 0 Å². The molecule has 0 aliphatic carbocycles. The molecule has 3 heteroatoms. The van der Waals surface area contributed by atoms with Gasteiger partial charge in [-0.05, 0) is 43.5 Å². The van der Waals surface area contributed by atoms with E-state index in [0.29, 0.717) is 0 Å². The van der Waals surface area contributed by atoms with Crippen molar-refractivity contribution in [2.45, 2.75) is 33.1 Å². The average molecular weight is 280 g/mol. The number of halogens is 1. The normalized spacial score (nSPS) is 26.4. The van der Waals surface area contributed by atoms with E-state index in [-0.39, 0.29) is 5.82 Å². The first kappa shape index (κ1) is 15.3. The Morgan fingerprint density at radius 3 is 2.40 bits per heavy atom. The number of unbranched alkanes of at least 4 members (excludes halogenated alkanes) is 1. The predicted molar refractivity (Wildman–Crippen MR) is 79.6 cm³/mol. The van der Waals surface area contributed by atoms with Crippen LogP contribution in [0.1, 0.15) is 33.1 Å². The molecule has 0 spiro atoms. The van der Waals surface area contributed by atoms with E-state index in [2.05, 4.69) is 13.8 Å². The molecule has 1 aliphatic rings. The summed E-state index contributed by atoms with van der Waals surface area (Å²) in [5, 5.41) is 0. The third kappa shape index (κ3) is 5.12. The Labute approximate surface area is 121 Å². The van der Waals surface area contributed by atoms with E-state index in [1.165, 1.54) is 44.6 Å². The third-order valence-electron chi connectivity index (χ3n) is 4.09. The number of piperidine rings is 1. The van der Waals surface area contributed by atoms with Crippen molar-refractivity contribution in [3.63, 3.8) is 0 Å². The molecule has 1 aliphatic heterocycles. The molecule has 2 atom stereocenters. The number of nitrogens with one attached hydrogen (secondary N) is 1. The Morgan fingerprint density at radius 2 is 1.75 bits per heavy atom. The van der Waals surface area contributed by atoms with Crippen LogP contribution in [0.5, 0.6) is 5.75 Å². The van der Waals surface area contributed by atoms with Crippen LogP contribution in [-0.4, -0.2) is 26.2 Å². The lowest BCUT2D eigenvalue weighted by molar-refractivity contribution is -0.912. The largest absolute Gasteiger partial charge is 0.494 e. The van der Waals surface area contributed by atoms with Crippen molar-refractivity contribution in [1.82, 2.24) is 0 Å². The maximum absolute atomic E-state index is 12.7. The van der Waals surface area contributed by atoms with E-state index in [4.69, 9.17) is 4.74 Å². The van der Waals surface area contributed by atoms with Gasteiger partial charge in [0, 0.05) is 11.8 Å². The van der Waals surface area contributed by atoms with Gasteiger partial charge in [-0.25, -0.2) is 4.39 Å². The number of hydrogen-bond acceptors (Lipinski definition) is 1. The first-order valence-electron chi connectivity index (χ1n) is 7.85. The molecule has 0 radical (unpaired) electrons. The van der Waals surface area contributed by atoms with Gasteiger partial charge in [0.1, 0.15) is 11.6 Å². The van der Waals surface area contributed by atoms with Gasteiger partial charge in [-0.2, -0.15) is 0 Å². The van der Waals surface area contributed by atoms with Gasteiger partial charge in [0.05, 0.1) is 26.2 Å². The topological polar surface area (TPSA) is 13.7 Å². The average Bonchev–Trinajstić information content (AvgIpc) is 2.39. The summed E-state index contributed by atoms with van der Waals surface area (Å²) in [5.41, 5.74) is 0. The highest BCUT2D eigenvalue weighted by Crippen LogP contribution is 2.13. The van der Waals surface area contributed by atoms with E-state index in [9.17, 15) is 4.39 Å². The maximum atomic E-state index is 12.7. The standard InChI is InChI=1S/C17H26FNO/c1-14-11-15(2)13-19(12-14)9-3-4-10-20-17-7-5-16(18)6-8-17/h5-8,14-15H,3-4,9-13H2,1-2H3/p+1/t14-,15-/m1/s1. The number of ether oxygens (including phenoxy) is 1. The summed E-state index contributed by atoms with van der Waals surface area (Å²) in [4.78, 5) is 1.75. The fourth-order valence-corrected chi connectivity index (χ4v) is 3.32. The summed E-state index contributed by atoms with van der Waals surface area (Å²) in [5.74, 6) is 2.28. The number of quaternary nitrogens is 1. The molecule has 1 aromatic carbocycles. The molecule has 1 heterocycles. The van der Waals surface area contributed by atoms with Crippen LogP contribution in [0.15, 0.2) is 24.3 Å². The van der Waals surface area contributed by atoms with E-state index < -0.39 is 0 Å². The highest BCUT2D eigenvalue weighted by Gasteiger charge is 2.24. The lowest BCUT2D eigenvalue weighted by atomic mass is 9.92. The zero-order chi connectivity index (χ0) is 14.4. The molecule has 112 valence electrons. The van der Waals surface area contributed by atoms with Crippen LogP contribution in [0.2, 0.25) is 0 Å². The van der Waals surface area contributed by atoms with Gasteiger partial charge >= 0.3 is 0 Å². The quantitative estimate of drug-likeness (QED) is 0.791. The molecule has 0 aromatic heterocycles. The lowest BCUT2D eigenvalue weighted by Gasteiger charge is -2.32. The number of benzene rings is 1. The van der Waals surface area contributed by atoms with Crippen molar-refractivity contribution in [1.29, 1.82) is 0 Å². The lowest BCUT2D eigenvalue weighted by Crippen LogP contribution is -3.14. The van der Waals surface area contributed by atoms with Gasteiger partial charge in [0.15, 0.2) is 0 Å². The fourth-order valence-electron chi connectivity index (χ4n) is 3.32. The monoisotopic (exact) mass is 280 g/mol. The molecule has 1 saturated heterocycles. The Hall–Kier alpha value is -1.09. The van der Waals surface area contributed by atoms with Crippen LogP contribution in [0.3, 0.4) is 0 Å². The van der Waals surface area contributed by atoms with Gasteiger partial charge in [0.2, 0.25) is 0 Å². The van der Waals surface area contributed by atoms with Crippen LogP contribution in [0.4, 0.5) is 4.39 Å². The molecule has 0 unspecified atom stereocenters. The van der Waals surface area contributed by atoms with Crippen molar-refractivity contribution in [2.24, 2.45) is 11.8 Å². The highest BCUT2D eigenvalue weighted by molar-refractivity contribution is 5.21. The minimum atomic E-state index is -0.214. The molecule has 2 nitrogen and oxygen atoms in total. The van der Waals surface area contributed by atoms with Gasteiger partial charge in [0.25, 0.3) is 0 Å². The van der Waals surface area contributed by atoms with Crippen LogP contribution in [0, 0.1) is 17.7 Å². The van der Waals surface area contributed by atoms with Gasteiger partial charge < -0.3 is 9.64 Å². The molecule has 1 aromatic rings. The first-order valence-corrected chi connectivity index (χ1v) is 7.85. The molecule has 0 bridgehead atoms. The van der Waals surface area contributed by atoms with Crippen LogP contribution < -0.4 is 9.64 Å². The molecular weight excluding hydrogens is 253 g/mol. The van der Waals surface area contributed by atoms with Crippen molar-refractivity contribution in [3.8, 4) is 5.75 Å². The predicted octanol–water partition coefficient (Wildman–Crippen LogP) is 2.55. The van der Waals surface area contributed by atoms with E-state index in [1.54, 1.807) is 17.0 Å². The van der Waals surface area contributed by atoms with E-state index in [1.807, 2.05) is 0 Å². The SMILES string of the molecule is C[C@@H]1C[C@@H](C)C[NH+](CCCCOc2ccc(F)cc2)C1. The van der Waals surface area contributed by atoms with E-state index >= 15 is 0 Å². The molecule has 0 saturated carbocycles. The van der Waals surface area contributed by atoms with Gasteiger partial charge in [-0.1, -0.05) is 13.8 Å². The van der Waals surface area contributed by atoms with E-state index in [0.717, 1.165) is 30.6 Å². The van der Waals surface area contributed by atoms with Crippen molar-refractivity contribution in [3.05, 3.63) is 30.1 Å². The van der Waals surface area contributed by atoms with Crippen molar-refractivity contribution >= 4 is 0 Å². The number of hydrogen-bond donors (Lipinski definition) is 1. The molecule has 2 rings (SSSR count). The molecule has 1 N–H and O–H groups in total. The summed E-state index contributed by atoms with van der Waals surface area (Å²) in [6.45, 7) is 9.36. The summed E-state index contributed by atoms with van der Waals surface area (Å²) in [6, 6.07) is 6.26. The molecule has 20 heavy (non-hydrogen) atoms. The molecular formula is C17H27FNO+. The van der Waals surface area contributed by atoms with Crippen molar-refractivity contribution in [2.75, 3.05) is 26.2 Å². The van der Waals surface area contributed by atoms with Crippen LogP contribution in [-0.2, 0) is 0 Å². The Balaban J connectivity index is 1.58. The maximum Gasteiger partial charge on any atom is 0.123 e. The minimum Gasteiger partial charge on any atom is -0.494 e. The summed E-state index contributed by atoms with van der Waals surface area (Å²) < 4.78 is 18.4. The number of likely N-dealkylation sites (tertiary alicyclic amines) is 1. The molecule has 0 amide bonds. The van der Waals surface area contributed by atoms with Crippen LogP contribution in [0.25, 0.3) is 0 Å². The zero-order valence-corrected chi connectivity index (χ0v) is 12.7. The number of rotatable bonds is 6. The summed E-state index contributed by atoms with van der Waals surface area (Å²) in [6.07, 6.45) is 3.66. The Bertz CT molecular complexity index is 382. The van der Waals surface area contributed by atoms with Gasteiger partial charge in [-0.15, -0.1) is 0 Å². The summed E-state index contributed by atoms with van der Waals surface area (Å²) in [7, 11) is 0. The van der Waals surface area contributed by atoms with Crippen molar-refractivity contribution < 1.29 is 14.0 Å². The smallest absolute Gasteiger partial charge is 0.123 e. The Morgan fingerprint density at radius 1 is 1.10 bits per heavy atom. The third-order valence-corrected chi connectivity index (χ3v) is 4.09. The Kier molecular flexibility index (Phi) is 5.84. The van der Waals surface area contributed by atoms with Gasteiger partial charge in [-0.3, -0.25) is 0 Å². The molecule has 1 fully saturated rings. The minimum absolute atomic E-state index is 0.214. The summed E-state index contributed by atoms with van der Waals surface area (Å²) >= 11 is 0.